The molecule has 1 aliphatic heterocycles. The highest BCUT2D eigenvalue weighted by molar-refractivity contribution is 6.30. The minimum Gasteiger partial charge on any atom is -0.471 e. The highest BCUT2D eigenvalue weighted by Crippen LogP contribution is 2.39. The zero-order chi connectivity index (χ0) is 16.6. The SMILES string of the molecule is Cc1c(Cl)ncnc1O[C@H]1CCN(C(=O)OC2(C)CC2)CC1F. The Morgan fingerprint density at radius 2 is 2.22 bits per heavy atom. The van der Waals surface area contributed by atoms with Crippen molar-refractivity contribution in [1.29, 1.82) is 0 Å². The number of rotatable bonds is 3. The Balaban J connectivity index is 1.58. The monoisotopic (exact) mass is 343 g/mol. The molecule has 23 heavy (non-hydrogen) atoms. The van der Waals surface area contributed by atoms with E-state index >= 15 is 0 Å². The molecular weight excluding hydrogens is 325 g/mol. The lowest BCUT2D eigenvalue weighted by Crippen LogP contribution is -2.50. The molecule has 1 amide bonds. The van der Waals surface area contributed by atoms with Gasteiger partial charge in [-0.05, 0) is 26.7 Å². The first-order valence-corrected chi connectivity index (χ1v) is 8.01. The Morgan fingerprint density at radius 1 is 1.48 bits per heavy atom. The second-order valence-corrected chi connectivity index (χ2v) is 6.68. The van der Waals surface area contributed by atoms with Crippen LogP contribution in [0.4, 0.5) is 9.18 Å². The van der Waals surface area contributed by atoms with Gasteiger partial charge in [0.15, 0.2) is 6.17 Å². The molecule has 1 unspecified atom stereocenters. The summed E-state index contributed by atoms with van der Waals surface area (Å²) in [6.45, 7) is 3.94. The van der Waals surface area contributed by atoms with Gasteiger partial charge in [0.1, 0.15) is 23.2 Å². The van der Waals surface area contributed by atoms with Crippen molar-refractivity contribution >= 4 is 17.7 Å². The van der Waals surface area contributed by atoms with Crippen LogP contribution in [0.25, 0.3) is 0 Å². The fourth-order valence-electron chi connectivity index (χ4n) is 2.41. The van der Waals surface area contributed by atoms with Crippen molar-refractivity contribution in [2.75, 3.05) is 13.1 Å². The Kier molecular flexibility index (Phi) is 4.31. The van der Waals surface area contributed by atoms with E-state index in [1.807, 2.05) is 6.92 Å². The van der Waals surface area contributed by atoms with E-state index in [4.69, 9.17) is 21.1 Å². The van der Waals surface area contributed by atoms with Gasteiger partial charge in [-0.25, -0.2) is 19.2 Å². The normalized spacial score (nSPS) is 25.8. The van der Waals surface area contributed by atoms with Crippen LogP contribution in [0.2, 0.25) is 5.15 Å². The Bertz CT molecular complexity index is 612. The van der Waals surface area contributed by atoms with Crippen LogP contribution in [0.15, 0.2) is 6.33 Å². The fraction of sp³-hybridized carbons (Fsp3) is 0.667. The number of nitrogens with zero attached hydrogens (tertiary/aromatic N) is 3. The van der Waals surface area contributed by atoms with Gasteiger partial charge in [0.05, 0.1) is 6.54 Å². The molecule has 126 valence electrons. The molecule has 6 nitrogen and oxygen atoms in total. The minimum absolute atomic E-state index is 0.0442. The molecule has 1 aromatic rings. The number of carbonyl (C=O) groups is 1. The number of aromatic nitrogens is 2. The maximum absolute atomic E-state index is 14.4. The minimum atomic E-state index is -1.31. The van der Waals surface area contributed by atoms with E-state index in [1.165, 1.54) is 11.2 Å². The lowest BCUT2D eigenvalue weighted by atomic mass is 10.1. The van der Waals surface area contributed by atoms with Gasteiger partial charge in [0.2, 0.25) is 5.88 Å². The fourth-order valence-corrected chi connectivity index (χ4v) is 2.54. The number of amides is 1. The number of hydrogen-bond donors (Lipinski definition) is 0. The summed E-state index contributed by atoms with van der Waals surface area (Å²) in [5, 5.41) is 0.282. The molecule has 8 heteroatoms. The number of likely N-dealkylation sites (tertiary alicyclic amines) is 1. The molecule has 1 saturated carbocycles. The average Bonchev–Trinajstić information content (AvgIpc) is 3.22. The highest BCUT2D eigenvalue weighted by atomic mass is 35.5. The first-order valence-electron chi connectivity index (χ1n) is 7.64. The Morgan fingerprint density at radius 3 is 2.87 bits per heavy atom. The maximum Gasteiger partial charge on any atom is 0.410 e. The third-order valence-electron chi connectivity index (χ3n) is 4.27. The molecule has 2 atom stereocenters. The zero-order valence-electron chi connectivity index (χ0n) is 13.1. The molecule has 0 N–H and O–H groups in total. The van der Waals surface area contributed by atoms with Gasteiger partial charge in [-0.3, -0.25) is 0 Å². The number of hydrogen-bond acceptors (Lipinski definition) is 5. The summed E-state index contributed by atoms with van der Waals surface area (Å²) >= 11 is 5.91. The predicted octanol–water partition coefficient (Wildman–Crippen LogP) is 2.92. The van der Waals surface area contributed by atoms with Crippen molar-refractivity contribution in [2.24, 2.45) is 0 Å². The van der Waals surface area contributed by atoms with Crippen molar-refractivity contribution in [2.45, 2.75) is 51.0 Å². The summed E-state index contributed by atoms with van der Waals surface area (Å²) < 4.78 is 25.4. The van der Waals surface area contributed by atoms with Crippen molar-refractivity contribution in [3.8, 4) is 5.88 Å². The van der Waals surface area contributed by atoms with Gasteiger partial charge in [0, 0.05) is 18.5 Å². The van der Waals surface area contributed by atoms with E-state index < -0.39 is 18.4 Å². The van der Waals surface area contributed by atoms with E-state index in [9.17, 15) is 9.18 Å². The average molecular weight is 344 g/mol. The van der Waals surface area contributed by atoms with E-state index in [0.717, 1.165) is 12.8 Å². The van der Waals surface area contributed by atoms with Crippen LogP contribution in [-0.4, -0.2) is 51.9 Å². The van der Waals surface area contributed by atoms with E-state index in [-0.39, 0.29) is 23.2 Å². The van der Waals surface area contributed by atoms with Gasteiger partial charge in [0.25, 0.3) is 0 Å². The molecule has 2 fully saturated rings. The number of piperidine rings is 1. The molecule has 1 aliphatic carbocycles. The molecule has 0 bridgehead atoms. The summed E-state index contributed by atoms with van der Waals surface area (Å²) in [7, 11) is 0. The van der Waals surface area contributed by atoms with Crippen LogP contribution < -0.4 is 4.74 Å². The molecule has 3 rings (SSSR count). The maximum atomic E-state index is 14.4. The molecule has 2 heterocycles. The number of ether oxygens (including phenoxy) is 2. The standard InChI is InChI=1S/C15H19ClFN3O3/c1-9-12(16)18-8-19-13(9)22-11-3-6-20(7-10(11)17)14(21)23-15(2)4-5-15/h8,10-11H,3-7H2,1-2H3/t10?,11-/m0/s1. The van der Waals surface area contributed by atoms with Gasteiger partial charge in [-0.15, -0.1) is 0 Å². The van der Waals surface area contributed by atoms with E-state index in [2.05, 4.69) is 9.97 Å². The van der Waals surface area contributed by atoms with Crippen molar-refractivity contribution in [1.82, 2.24) is 14.9 Å². The summed E-state index contributed by atoms with van der Waals surface area (Å²) in [6.07, 6.45) is 0.953. The number of alkyl halides is 1. The van der Waals surface area contributed by atoms with Crippen molar-refractivity contribution < 1.29 is 18.7 Å². The summed E-state index contributed by atoms with van der Waals surface area (Å²) in [4.78, 5) is 21.2. The second kappa shape index (κ2) is 6.11. The lowest BCUT2D eigenvalue weighted by molar-refractivity contribution is 0.00201. The van der Waals surface area contributed by atoms with Gasteiger partial charge in [-0.2, -0.15) is 0 Å². The van der Waals surface area contributed by atoms with Crippen molar-refractivity contribution in [3.05, 3.63) is 17.0 Å². The quantitative estimate of drug-likeness (QED) is 0.789. The topological polar surface area (TPSA) is 64.6 Å². The number of carbonyl (C=O) groups excluding carboxylic acids is 1. The second-order valence-electron chi connectivity index (χ2n) is 6.32. The van der Waals surface area contributed by atoms with Crippen LogP contribution >= 0.6 is 11.6 Å². The van der Waals surface area contributed by atoms with Crippen LogP contribution in [0.5, 0.6) is 5.88 Å². The van der Waals surface area contributed by atoms with E-state index in [1.54, 1.807) is 6.92 Å². The van der Waals surface area contributed by atoms with Crippen LogP contribution in [0.3, 0.4) is 0 Å². The first-order chi connectivity index (χ1) is 10.9. The van der Waals surface area contributed by atoms with Crippen LogP contribution in [-0.2, 0) is 4.74 Å². The summed E-state index contributed by atoms with van der Waals surface area (Å²) in [5.41, 5.74) is 0.218. The predicted molar refractivity (Wildman–Crippen MR) is 81.4 cm³/mol. The third kappa shape index (κ3) is 3.65. The molecule has 2 aliphatic rings. The van der Waals surface area contributed by atoms with Crippen LogP contribution in [0, 0.1) is 6.92 Å². The van der Waals surface area contributed by atoms with Crippen LogP contribution in [0.1, 0.15) is 31.7 Å². The molecule has 1 saturated heterocycles. The Labute approximate surface area is 138 Å². The largest absolute Gasteiger partial charge is 0.471 e. The van der Waals surface area contributed by atoms with Gasteiger partial charge in [-0.1, -0.05) is 11.6 Å². The molecular formula is C15H19ClFN3O3. The first kappa shape index (κ1) is 16.2. The smallest absolute Gasteiger partial charge is 0.410 e. The van der Waals surface area contributed by atoms with Gasteiger partial charge >= 0.3 is 6.09 Å². The summed E-state index contributed by atoms with van der Waals surface area (Å²) in [5.74, 6) is 0.277. The zero-order valence-corrected chi connectivity index (χ0v) is 13.8. The Hall–Kier alpha value is -1.63. The lowest BCUT2D eigenvalue weighted by Gasteiger charge is -2.34. The summed E-state index contributed by atoms with van der Waals surface area (Å²) in [6, 6.07) is 0. The molecule has 0 aromatic carbocycles. The van der Waals surface area contributed by atoms with Gasteiger partial charge < -0.3 is 14.4 Å². The van der Waals surface area contributed by atoms with E-state index in [0.29, 0.717) is 18.5 Å². The molecule has 0 spiro atoms. The molecule has 0 radical (unpaired) electrons. The highest BCUT2D eigenvalue weighted by Gasteiger charge is 2.44. The molecule has 1 aromatic heterocycles. The van der Waals surface area contributed by atoms with Crippen molar-refractivity contribution in [3.63, 3.8) is 0 Å². The third-order valence-corrected chi connectivity index (χ3v) is 4.65. The number of halogens is 2.